The second-order valence-corrected chi connectivity index (χ2v) is 7.70. The third-order valence-corrected chi connectivity index (χ3v) is 5.14. The average Bonchev–Trinajstić information content (AvgIpc) is 3.30. The fourth-order valence-electron chi connectivity index (χ4n) is 3.50. The van der Waals surface area contributed by atoms with Gasteiger partial charge >= 0.3 is 0 Å². The van der Waals surface area contributed by atoms with Gasteiger partial charge in [-0.15, -0.1) is 24.0 Å². The number of guanidine groups is 1. The Morgan fingerprint density at radius 2 is 1.97 bits per heavy atom. The van der Waals surface area contributed by atoms with Crippen molar-refractivity contribution in [3.05, 3.63) is 71.0 Å². The molecule has 0 bridgehead atoms. The SMILES string of the molecule is CCNC(=NCc1cccc(C(=O)NCC2CCCO2)c1)N(C)Cc1ccc(F)cc1.I. The third kappa shape index (κ3) is 8.05. The molecule has 1 heterocycles. The van der Waals surface area contributed by atoms with Gasteiger partial charge in [-0.1, -0.05) is 24.3 Å². The Kier molecular flexibility index (Phi) is 10.9. The molecule has 1 atom stereocenters. The Morgan fingerprint density at radius 3 is 2.66 bits per heavy atom. The van der Waals surface area contributed by atoms with Crippen LogP contribution in [0.2, 0.25) is 0 Å². The van der Waals surface area contributed by atoms with E-state index in [0.29, 0.717) is 25.2 Å². The molecule has 0 spiro atoms. The number of amides is 1. The number of hydrogen-bond acceptors (Lipinski definition) is 3. The zero-order valence-corrected chi connectivity index (χ0v) is 21.0. The summed E-state index contributed by atoms with van der Waals surface area (Å²) in [5, 5.41) is 6.24. The van der Waals surface area contributed by atoms with Gasteiger partial charge in [-0.25, -0.2) is 9.38 Å². The second-order valence-electron chi connectivity index (χ2n) is 7.70. The van der Waals surface area contributed by atoms with E-state index in [2.05, 4.69) is 10.6 Å². The maximum Gasteiger partial charge on any atom is 0.251 e. The summed E-state index contributed by atoms with van der Waals surface area (Å²) in [5.41, 5.74) is 2.57. The highest BCUT2D eigenvalue weighted by atomic mass is 127. The van der Waals surface area contributed by atoms with E-state index in [0.717, 1.165) is 43.1 Å². The van der Waals surface area contributed by atoms with Crippen molar-refractivity contribution < 1.29 is 13.9 Å². The summed E-state index contributed by atoms with van der Waals surface area (Å²) in [7, 11) is 1.94. The van der Waals surface area contributed by atoms with Crippen LogP contribution in [0.5, 0.6) is 0 Å². The number of rotatable bonds is 8. The molecule has 1 unspecified atom stereocenters. The lowest BCUT2D eigenvalue weighted by Crippen LogP contribution is -2.38. The number of carbonyl (C=O) groups excluding carboxylic acids is 1. The molecule has 1 aliphatic rings. The minimum absolute atomic E-state index is 0. The fourth-order valence-corrected chi connectivity index (χ4v) is 3.50. The third-order valence-electron chi connectivity index (χ3n) is 5.14. The van der Waals surface area contributed by atoms with Gasteiger partial charge in [0.2, 0.25) is 0 Å². The lowest BCUT2D eigenvalue weighted by Gasteiger charge is -2.22. The summed E-state index contributed by atoms with van der Waals surface area (Å²) in [5.74, 6) is 0.411. The first kappa shape index (κ1) is 26.1. The predicted octanol–water partition coefficient (Wildman–Crippen LogP) is 3.95. The molecule has 1 amide bonds. The van der Waals surface area contributed by atoms with E-state index in [1.807, 2.05) is 43.1 Å². The van der Waals surface area contributed by atoms with Crippen molar-refractivity contribution >= 4 is 35.8 Å². The molecule has 2 N–H and O–H groups in total. The molecule has 1 aliphatic heterocycles. The van der Waals surface area contributed by atoms with Crippen molar-refractivity contribution in [2.75, 3.05) is 26.7 Å². The molecule has 0 saturated carbocycles. The van der Waals surface area contributed by atoms with Crippen LogP contribution in [0.3, 0.4) is 0 Å². The van der Waals surface area contributed by atoms with E-state index >= 15 is 0 Å². The highest BCUT2D eigenvalue weighted by molar-refractivity contribution is 14.0. The topological polar surface area (TPSA) is 66.0 Å². The largest absolute Gasteiger partial charge is 0.376 e. The number of ether oxygens (including phenoxy) is 1. The number of hydrogen-bond donors (Lipinski definition) is 2. The van der Waals surface area contributed by atoms with Crippen LogP contribution >= 0.6 is 24.0 Å². The number of aliphatic imine (C=N–C) groups is 1. The van der Waals surface area contributed by atoms with E-state index in [4.69, 9.17) is 9.73 Å². The maximum absolute atomic E-state index is 13.1. The van der Waals surface area contributed by atoms with Crippen molar-refractivity contribution in [2.45, 2.75) is 39.0 Å². The fraction of sp³-hybridized carbons (Fsp3) is 0.417. The highest BCUT2D eigenvalue weighted by Gasteiger charge is 2.16. The van der Waals surface area contributed by atoms with Crippen molar-refractivity contribution in [3.63, 3.8) is 0 Å². The van der Waals surface area contributed by atoms with Crippen LogP contribution in [-0.4, -0.2) is 49.6 Å². The van der Waals surface area contributed by atoms with E-state index < -0.39 is 0 Å². The van der Waals surface area contributed by atoms with Crippen molar-refractivity contribution in [1.82, 2.24) is 15.5 Å². The number of nitrogens with one attached hydrogen (secondary N) is 2. The van der Waals surface area contributed by atoms with E-state index in [9.17, 15) is 9.18 Å². The molecule has 0 aromatic heterocycles. The zero-order chi connectivity index (χ0) is 22.1. The smallest absolute Gasteiger partial charge is 0.251 e. The summed E-state index contributed by atoms with van der Waals surface area (Å²) in [4.78, 5) is 19.2. The Balaban J connectivity index is 0.00000363. The average molecular weight is 554 g/mol. The first-order chi connectivity index (χ1) is 15.0. The van der Waals surface area contributed by atoms with Gasteiger partial charge in [-0.3, -0.25) is 4.79 Å². The number of nitrogens with zero attached hydrogens (tertiary/aromatic N) is 2. The molecule has 0 radical (unpaired) electrons. The van der Waals surface area contributed by atoms with Gasteiger partial charge < -0.3 is 20.3 Å². The molecule has 6 nitrogen and oxygen atoms in total. The standard InChI is InChI=1S/C24H31FN4O2.HI/c1-3-26-24(29(2)17-18-9-11-21(25)12-10-18)28-15-19-6-4-7-20(14-19)23(30)27-16-22-8-5-13-31-22;/h4,6-7,9-12,14,22H,3,5,8,13,15-17H2,1-2H3,(H,26,28)(H,27,30);1H. The van der Waals surface area contributed by atoms with Crippen molar-refractivity contribution in [1.29, 1.82) is 0 Å². The zero-order valence-electron chi connectivity index (χ0n) is 18.6. The molecule has 1 saturated heterocycles. The lowest BCUT2D eigenvalue weighted by molar-refractivity contribution is 0.0857. The first-order valence-corrected chi connectivity index (χ1v) is 10.8. The molecule has 3 rings (SSSR count). The van der Waals surface area contributed by atoms with Crippen LogP contribution < -0.4 is 10.6 Å². The van der Waals surface area contributed by atoms with Gasteiger partial charge in [0.15, 0.2) is 5.96 Å². The van der Waals surface area contributed by atoms with Crippen molar-refractivity contribution in [2.24, 2.45) is 4.99 Å². The minimum atomic E-state index is -0.244. The number of halogens is 2. The predicted molar refractivity (Wildman–Crippen MR) is 136 cm³/mol. The molecule has 0 aliphatic carbocycles. The van der Waals surface area contributed by atoms with E-state index in [1.165, 1.54) is 12.1 Å². The second kappa shape index (κ2) is 13.4. The normalized spacial score (nSPS) is 15.7. The monoisotopic (exact) mass is 554 g/mol. The molecular formula is C24H32FIN4O2. The van der Waals surface area contributed by atoms with E-state index in [1.54, 1.807) is 12.1 Å². The Morgan fingerprint density at radius 1 is 1.19 bits per heavy atom. The number of benzene rings is 2. The van der Waals surface area contributed by atoms with Gasteiger partial charge in [0, 0.05) is 38.9 Å². The number of carbonyl (C=O) groups is 1. The van der Waals surface area contributed by atoms with Crippen LogP contribution in [0, 0.1) is 5.82 Å². The summed E-state index contributed by atoms with van der Waals surface area (Å²) in [6.45, 7) is 5.12. The molecule has 8 heteroatoms. The Labute approximate surface area is 206 Å². The van der Waals surface area contributed by atoms with Crippen LogP contribution in [-0.2, 0) is 17.8 Å². The summed E-state index contributed by atoms with van der Waals surface area (Å²) in [6, 6.07) is 14.0. The van der Waals surface area contributed by atoms with Crippen LogP contribution in [0.15, 0.2) is 53.5 Å². The van der Waals surface area contributed by atoms with Crippen LogP contribution in [0.4, 0.5) is 4.39 Å². The van der Waals surface area contributed by atoms with Crippen LogP contribution in [0.1, 0.15) is 41.3 Å². The van der Waals surface area contributed by atoms with Gasteiger partial charge in [0.25, 0.3) is 5.91 Å². The van der Waals surface area contributed by atoms with E-state index in [-0.39, 0.29) is 41.8 Å². The molecule has 32 heavy (non-hydrogen) atoms. The summed E-state index contributed by atoms with van der Waals surface area (Å²) >= 11 is 0. The van der Waals surface area contributed by atoms with Gasteiger partial charge in [-0.05, 0) is 55.2 Å². The van der Waals surface area contributed by atoms with Crippen molar-refractivity contribution in [3.8, 4) is 0 Å². The van der Waals surface area contributed by atoms with Gasteiger partial charge in [-0.2, -0.15) is 0 Å². The Bertz CT molecular complexity index is 886. The molecule has 174 valence electrons. The Hall–Kier alpha value is -2.20. The summed E-state index contributed by atoms with van der Waals surface area (Å²) < 4.78 is 18.7. The maximum atomic E-state index is 13.1. The molecule has 2 aromatic carbocycles. The minimum Gasteiger partial charge on any atom is -0.376 e. The molecular weight excluding hydrogens is 522 g/mol. The van der Waals surface area contributed by atoms with Crippen LogP contribution in [0.25, 0.3) is 0 Å². The molecule has 1 fully saturated rings. The summed E-state index contributed by atoms with van der Waals surface area (Å²) in [6.07, 6.45) is 2.17. The van der Waals surface area contributed by atoms with Gasteiger partial charge in [0.05, 0.1) is 12.6 Å². The highest BCUT2D eigenvalue weighted by Crippen LogP contribution is 2.12. The first-order valence-electron chi connectivity index (χ1n) is 10.8. The quantitative estimate of drug-likeness (QED) is 0.295. The lowest BCUT2D eigenvalue weighted by atomic mass is 10.1. The van der Waals surface area contributed by atoms with Gasteiger partial charge in [0.1, 0.15) is 5.82 Å². The molecule has 2 aromatic rings.